The van der Waals surface area contributed by atoms with Gasteiger partial charge in [-0.15, -0.1) is 11.3 Å². The maximum absolute atomic E-state index is 11.3. The van der Waals surface area contributed by atoms with Gasteiger partial charge in [-0.1, -0.05) is 18.2 Å². The van der Waals surface area contributed by atoms with E-state index >= 15 is 0 Å². The molecule has 1 amide bonds. The molecule has 0 spiro atoms. The van der Waals surface area contributed by atoms with Gasteiger partial charge < -0.3 is 20.1 Å². The van der Waals surface area contributed by atoms with E-state index in [1.165, 1.54) is 12.0 Å². The summed E-state index contributed by atoms with van der Waals surface area (Å²) in [4.78, 5) is 19.8. The summed E-state index contributed by atoms with van der Waals surface area (Å²) in [6.45, 7) is 7.57. The van der Waals surface area contributed by atoms with Gasteiger partial charge in [-0.25, -0.2) is 9.79 Å². The quantitative estimate of drug-likeness (QED) is 0.428. The predicted octanol–water partition coefficient (Wildman–Crippen LogP) is 3.06. The van der Waals surface area contributed by atoms with E-state index in [0.717, 1.165) is 50.9 Å². The minimum absolute atomic E-state index is 0.288. The highest BCUT2D eigenvalue weighted by molar-refractivity contribution is 7.10. The monoisotopic (exact) mass is 445 g/mol. The zero-order valence-corrected chi connectivity index (χ0v) is 18.9. The predicted molar refractivity (Wildman–Crippen MR) is 125 cm³/mol. The fourth-order valence-electron chi connectivity index (χ4n) is 3.35. The van der Waals surface area contributed by atoms with E-state index in [0.29, 0.717) is 12.2 Å². The third-order valence-electron chi connectivity index (χ3n) is 4.97. The summed E-state index contributed by atoms with van der Waals surface area (Å²) in [6.07, 6.45) is -0.482. The molecule has 8 nitrogen and oxygen atoms in total. The van der Waals surface area contributed by atoms with E-state index in [4.69, 9.17) is 9.73 Å². The SMILES string of the molecule is CCNC(=NCc1ccc(NC(=O)OC)cc1)NCC(c1cccs1)N1CCOCC1. The van der Waals surface area contributed by atoms with E-state index in [1.54, 1.807) is 11.3 Å². The van der Waals surface area contributed by atoms with Crippen molar-refractivity contribution >= 4 is 29.1 Å². The van der Waals surface area contributed by atoms with Gasteiger partial charge in [0.1, 0.15) is 0 Å². The summed E-state index contributed by atoms with van der Waals surface area (Å²) in [5.41, 5.74) is 1.74. The van der Waals surface area contributed by atoms with Gasteiger partial charge in [0.2, 0.25) is 0 Å². The molecule has 31 heavy (non-hydrogen) atoms. The Labute approximate surface area is 187 Å². The molecule has 1 unspecified atom stereocenters. The highest BCUT2D eigenvalue weighted by atomic mass is 32.1. The van der Waals surface area contributed by atoms with E-state index in [1.807, 2.05) is 24.3 Å². The maximum atomic E-state index is 11.3. The Morgan fingerprint density at radius 2 is 2.00 bits per heavy atom. The molecule has 9 heteroatoms. The second kappa shape index (κ2) is 12.3. The Balaban J connectivity index is 1.61. The van der Waals surface area contributed by atoms with Gasteiger partial charge in [0.15, 0.2) is 5.96 Å². The Bertz CT molecular complexity index is 820. The number of thiophene rings is 1. The topological polar surface area (TPSA) is 87.2 Å². The summed E-state index contributed by atoms with van der Waals surface area (Å²) in [7, 11) is 1.34. The van der Waals surface area contributed by atoms with Gasteiger partial charge in [-0.2, -0.15) is 0 Å². The lowest BCUT2D eigenvalue weighted by Gasteiger charge is -2.34. The van der Waals surface area contributed by atoms with Crippen LogP contribution in [-0.4, -0.2) is 63.5 Å². The zero-order chi connectivity index (χ0) is 21.9. The first-order valence-corrected chi connectivity index (χ1v) is 11.4. The van der Waals surface area contributed by atoms with Crippen LogP contribution in [0.3, 0.4) is 0 Å². The molecule has 168 valence electrons. The summed E-state index contributed by atoms with van der Waals surface area (Å²) >= 11 is 1.79. The van der Waals surface area contributed by atoms with Gasteiger partial charge in [0, 0.05) is 36.7 Å². The molecule has 0 saturated carbocycles. The number of morpholine rings is 1. The van der Waals surface area contributed by atoms with Crippen LogP contribution >= 0.6 is 11.3 Å². The number of carbonyl (C=O) groups is 1. The van der Waals surface area contributed by atoms with Crippen LogP contribution in [0.2, 0.25) is 0 Å². The smallest absolute Gasteiger partial charge is 0.411 e. The number of hydrogen-bond acceptors (Lipinski definition) is 6. The lowest BCUT2D eigenvalue weighted by molar-refractivity contribution is 0.0177. The zero-order valence-electron chi connectivity index (χ0n) is 18.1. The van der Waals surface area contributed by atoms with Crippen LogP contribution in [-0.2, 0) is 16.0 Å². The van der Waals surface area contributed by atoms with Crippen molar-refractivity contribution in [2.75, 3.05) is 51.8 Å². The number of amides is 1. The number of methoxy groups -OCH3 is 1. The Morgan fingerprint density at radius 3 is 2.65 bits per heavy atom. The van der Waals surface area contributed by atoms with Crippen LogP contribution in [0.5, 0.6) is 0 Å². The molecule has 0 bridgehead atoms. The Kier molecular flexibility index (Phi) is 9.14. The Hall–Kier alpha value is -2.62. The van der Waals surface area contributed by atoms with Crippen molar-refractivity contribution in [2.45, 2.75) is 19.5 Å². The number of anilines is 1. The lowest BCUT2D eigenvalue weighted by Crippen LogP contribution is -2.46. The van der Waals surface area contributed by atoms with E-state index in [9.17, 15) is 4.79 Å². The van der Waals surface area contributed by atoms with Gasteiger partial charge in [0.25, 0.3) is 0 Å². The van der Waals surface area contributed by atoms with Crippen molar-refractivity contribution in [2.24, 2.45) is 4.99 Å². The molecule has 1 atom stereocenters. The number of rotatable bonds is 8. The van der Waals surface area contributed by atoms with Crippen LogP contribution in [0.15, 0.2) is 46.8 Å². The molecule has 1 aromatic heterocycles. The summed E-state index contributed by atoms with van der Waals surface area (Å²) in [5.74, 6) is 0.786. The van der Waals surface area contributed by atoms with Gasteiger partial charge in [-0.3, -0.25) is 10.2 Å². The molecule has 2 aromatic rings. The van der Waals surface area contributed by atoms with Crippen LogP contribution in [0.4, 0.5) is 10.5 Å². The van der Waals surface area contributed by atoms with Crippen molar-refractivity contribution < 1.29 is 14.3 Å². The van der Waals surface area contributed by atoms with Gasteiger partial charge in [-0.05, 0) is 36.1 Å². The normalized spacial score (nSPS) is 15.9. The molecule has 1 aliphatic rings. The number of nitrogens with zero attached hydrogens (tertiary/aromatic N) is 2. The average molecular weight is 446 g/mol. The standard InChI is InChI=1S/C22H31N5O3S/c1-3-23-21(24-15-17-6-8-18(9-7-17)26-22(28)29-2)25-16-19(20-5-4-14-31-20)27-10-12-30-13-11-27/h4-9,14,19H,3,10-13,15-16H2,1-2H3,(H,26,28)(H2,23,24,25). The fraction of sp³-hybridized carbons (Fsp3) is 0.455. The molecule has 3 N–H and O–H groups in total. The van der Waals surface area contributed by atoms with Crippen LogP contribution in [0.25, 0.3) is 0 Å². The fourth-order valence-corrected chi connectivity index (χ4v) is 4.21. The molecule has 0 aliphatic carbocycles. The first kappa shape index (κ1) is 23.1. The Morgan fingerprint density at radius 1 is 1.23 bits per heavy atom. The molecule has 1 saturated heterocycles. The summed E-state index contributed by atoms with van der Waals surface area (Å²) < 4.78 is 10.1. The average Bonchev–Trinajstić information content (AvgIpc) is 3.33. The molecule has 1 aliphatic heterocycles. The number of hydrogen-bond donors (Lipinski definition) is 3. The van der Waals surface area contributed by atoms with Crippen molar-refractivity contribution in [3.05, 3.63) is 52.2 Å². The molecule has 0 radical (unpaired) electrons. The van der Waals surface area contributed by atoms with Crippen LogP contribution in [0, 0.1) is 0 Å². The van der Waals surface area contributed by atoms with Crippen molar-refractivity contribution in [1.82, 2.24) is 15.5 Å². The molecule has 3 rings (SSSR count). The van der Waals surface area contributed by atoms with Crippen LogP contribution < -0.4 is 16.0 Å². The minimum atomic E-state index is -0.482. The third-order valence-corrected chi connectivity index (χ3v) is 5.94. The van der Waals surface area contributed by atoms with Crippen molar-refractivity contribution in [3.63, 3.8) is 0 Å². The first-order chi connectivity index (χ1) is 15.2. The third kappa shape index (κ3) is 7.23. The molecule has 1 aromatic carbocycles. The minimum Gasteiger partial charge on any atom is -0.453 e. The van der Waals surface area contributed by atoms with Gasteiger partial charge in [0.05, 0.1) is 32.9 Å². The molecule has 2 heterocycles. The number of nitrogens with one attached hydrogen (secondary N) is 3. The van der Waals surface area contributed by atoms with E-state index < -0.39 is 6.09 Å². The number of guanidine groups is 1. The highest BCUT2D eigenvalue weighted by Gasteiger charge is 2.23. The van der Waals surface area contributed by atoms with Crippen molar-refractivity contribution in [1.29, 1.82) is 0 Å². The van der Waals surface area contributed by atoms with Crippen molar-refractivity contribution in [3.8, 4) is 0 Å². The van der Waals surface area contributed by atoms with Gasteiger partial charge >= 0.3 is 6.09 Å². The van der Waals surface area contributed by atoms with E-state index in [-0.39, 0.29) is 6.04 Å². The summed E-state index contributed by atoms with van der Waals surface area (Å²) in [6, 6.07) is 12.2. The van der Waals surface area contributed by atoms with Crippen LogP contribution in [0.1, 0.15) is 23.4 Å². The summed E-state index contributed by atoms with van der Waals surface area (Å²) in [5, 5.41) is 11.6. The second-order valence-corrected chi connectivity index (χ2v) is 8.05. The number of carbonyl (C=O) groups excluding carboxylic acids is 1. The molecular formula is C22H31N5O3S. The molecular weight excluding hydrogens is 414 g/mol. The number of benzene rings is 1. The number of aliphatic imine (C=N–C) groups is 1. The lowest BCUT2D eigenvalue weighted by atomic mass is 10.2. The first-order valence-electron chi connectivity index (χ1n) is 10.5. The second-order valence-electron chi connectivity index (χ2n) is 7.07. The maximum Gasteiger partial charge on any atom is 0.411 e. The number of ether oxygens (including phenoxy) is 2. The largest absolute Gasteiger partial charge is 0.453 e. The van der Waals surface area contributed by atoms with E-state index in [2.05, 4.69) is 50.0 Å². The molecule has 1 fully saturated rings. The highest BCUT2D eigenvalue weighted by Crippen LogP contribution is 2.25.